The zero-order valence-corrected chi connectivity index (χ0v) is 71.7. The lowest BCUT2D eigenvalue weighted by molar-refractivity contribution is -0.217. The Morgan fingerprint density at radius 1 is 0.512 bits per heavy atom. The van der Waals surface area contributed by atoms with Crippen LogP contribution in [0.1, 0.15) is 76.4 Å². The number of fused-ring (bicyclic) bond motifs is 9. The normalized spacial score (nSPS) is 34.4. The first-order chi connectivity index (χ1) is 57.3. The highest BCUT2D eigenvalue weighted by atomic mass is 32.7. The van der Waals surface area contributed by atoms with Crippen molar-refractivity contribution in [3.05, 3.63) is 111 Å². The van der Waals surface area contributed by atoms with Gasteiger partial charge < -0.3 is 107 Å². The molecule has 121 heavy (non-hydrogen) atoms. The molecule has 16 rings (SSSR count). The standard InChI is InChI=1S/C63H83N19O31P4S4/c1-9-61-26(4)103-39(55(107-61)80-21-69-31-44(64)67-20-68-45(31)80)42(61)112-114(90,118)98-16-29-34(36(96-12-10-94-7)52(105-29)78-14-24(2)48(84)76-59(78)88)110-117(93,121)101-19-63-28(6)104-40(56(109-63)82-23-71-33-47(82)73-58(66)75-51(33)87)43(63)113-115(91,119)99-17-30-35(37(97-13-11-95-8)53(106-30)81-22-70-32-46(81)72-57(65)74-50(32)86)111-116(92,120)100-18-62-27(5)102-38(41(62)83)54(108-62)79-15-25(3)49(85)77-60(79)89/h14-15,20-23,26-30,34-43,52-56,83H,9-13,16-19H2,1-8H3,(H,90,118)(H,91,119)(H,92,120)(H,93,121)(H2,64,67,68)(H,76,84,88)(H,77,85,89)(H3,65,72,74,86)(H3,66,73,75,87)/t26-,27-,28-,29+,30+,34-,35-,36?,37?,38?,39?,40?,41+,42+,43+,52+,53+,54+,55+,56+,61-,62-,63-,114?,115?,116?,117?/m0/s1. The van der Waals surface area contributed by atoms with E-state index >= 15 is 4.57 Å². The molecule has 6 bridgehead atoms. The summed E-state index contributed by atoms with van der Waals surface area (Å²) in [7, 11) is 2.76. The Balaban J connectivity index is 0.693. The number of nitrogens with one attached hydrogen (secondary N) is 4. The molecule has 8 aromatic heterocycles. The van der Waals surface area contributed by atoms with Crippen molar-refractivity contribution in [1.82, 2.24) is 77.7 Å². The van der Waals surface area contributed by atoms with Crippen LogP contribution in [0, 0.1) is 13.8 Å². The number of aliphatic hydroxyl groups is 1. The first-order valence-electron chi connectivity index (χ1n) is 37.2. The maximum Gasteiger partial charge on any atom is 0.386 e. The first kappa shape index (κ1) is 88.0. The SMILES string of the molecule is CC[C@]12O[C@@H](n3cnc4c(N)ncnc43)C(O[C@H]1C)[C@H]2OP(O)(=S)OC[C@H]1O[C@@H](n2cc(C)c(=O)[nH]c2=O)C(OCCOC)[C@H]1OP(=O)(S)OC[C@]12O[C@@H](n3cnc4c(=O)[nH]c(N)nc43)C(O[C@H]1C)[C@H]2OP(O)(=S)OC[C@H]1O[C@@H](n2cnc3c(=O)[nH]c(N)nc32)C(OCCOC)[C@H]1OP(O)(=S)OC[C@]12O[C@@H](n3cc(C)c(=O)[nH]c3=O)C(O[C@H]1C)[C@H]2O. The van der Waals surface area contributed by atoms with Crippen LogP contribution in [0.15, 0.2) is 66.5 Å². The van der Waals surface area contributed by atoms with Gasteiger partial charge in [-0.05, 0) is 76.5 Å². The van der Waals surface area contributed by atoms with E-state index in [0.717, 1.165) is 9.13 Å². The summed E-state index contributed by atoms with van der Waals surface area (Å²) >= 11 is 21.9. The molecule has 8 aliphatic rings. The summed E-state index contributed by atoms with van der Waals surface area (Å²) in [5.74, 6) is -0.580. The van der Waals surface area contributed by atoms with E-state index in [1.807, 2.05) is 6.92 Å². The highest BCUT2D eigenvalue weighted by Gasteiger charge is 2.71. The number of imidazole rings is 3. The van der Waals surface area contributed by atoms with Crippen LogP contribution >= 0.6 is 39.2 Å². The Bertz CT molecular complexity index is 5910. The van der Waals surface area contributed by atoms with Gasteiger partial charge >= 0.3 is 38.3 Å². The van der Waals surface area contributed by atoms with E-state index < -0.39 is 226 Å². The zero-order valence-electron chi connectivity index (χ0n) is 64.7. The molecule has 50 nitrogen and oxygen atoms in total. The highest BCUT2D eigenvalue weighted by molar-refractivity contribution is 8.44. The number of hydrogen-bond acceptors (Lipinski definition) is 41. The fraction of sp³-hybridized carbons (Fsp3) is 0.635. The van der Waals surface area contributed by atoms with Crippen molar-refractivity contribution in [2.24, 2.45) is 0 Å². The van der Waals surface area contributed by atoms with E-state index in [-0.39, 0.29) is 89.5 Å². The maximum absolute atomic E-state index is 15.6. The topological polar surface area (TPSA) is 641 Å². The van der Waals surface area contributed by atoms with E-state index in [1.54, 1.807) is 11.5 Å². The number of hydrogen-bond donors (Lipinski definition) is 12. The number of ether oxygens (including phenoxy) is 12. The van der Waals surface area contributed by atoms with E-state index in [0.29, 0.717) is 5.65 Å². The van der Waals surface area contributed by atoms with E-state index in [2.05, 4.69) is 67.1 Å². The van der Waals surface area contributed by atoms with Crippen molar-refractivity contribution < 1.29 is 117 Å². The summed E-state index contributed by atoms with van der Waals surface area (Å²) in [6.07, 6.45) is -19.7. The van der Waals surface area contributed by atoms with Gasteiger partial charge in [0.2, 0.25) is 11.9 Å². The van der Waals surface area contributed by atoms with Gasteiger partial charge in [-0.3, -0.25) is 84.6 Å². The predicted molar refractivity (Wildman–Crippen MR) is 425 cm³/mol. The van der Waals surface area contributed by atoms with Crippen LogP contribution in [-0.2, 0) is 133 Å². The summed E-state index contributed by atoms with van der Waals surface area (Å²) < 4.78 is 148. The third-order valence-corrected chi connectivity index (χ3v) is 28.6. The number of thiol groups is 1. The molecule has 660 valence electrons. The summed E-state index contributed by atoms with van der Waals surface area (Å²) in [6.45, 7) is -13.9. The maximum atomic E-state index is 15.6. The van der Waals surface area contributed by atoms with Gasteiger partial charge in [-0.1, -0.05) is 19.2 Å². The minimum atomic E-state index is -5.09. The molecule has 0 spiro atoms. The molecule has 14 N–H and O–H groups in total. The van der Waals surface area contributed by atoms with Gasteiger partial charge in [0.05, 0.1) is 90.1 Å². The van der Waals surface area contributed by atoms with Crippen LogP contribution < -0.4 is 50.8 Å². The smallest absolute Gasteiger partial charge is 0.386 e. The second-order valence-corrected chi connectivity index (χ2v) is 40.7. The van der Waals surface area contributed by atoms with E-state index in [1.165, 1.54) is 88.8 Å². The third kappa shape index (κ3) is 16.1. The Kier molecular flexibility index (Phi) is 24.3. The van der Waals surface area contributed by atoms with Gasteiger partial charge in [0, 0.05) is 37.7 Å². The van der Waals surface area contributed by atoms with Crippen molar-refractivity contribution >= 4 is 126 Å². The number of nitrogen functional groups attached to an aromatic ring is 3. The predicted octanol–water partition coefficient (Wildman–Crippen LogP) is -1.35. The number of H-pyrrole nitrogens is 4. The van der Waals surface area contributed by atoms with Gasteiger partial charge in [-0.2, -0.15) is 9.97 Å². The van der Waals surface area contributed by atoms with Crippen LogP contribution in [0.2, 0.25) is 0 Å². The molecule has 8 saturated heterocycles. The Labute approximate surface area is 700 Å². The second kappa shape index (κ2) is 33.4. The van der Waals surface area contributed by atoms with Crippen molar-refractivity contribution in [1.29, 1.82) is 0 Å². The minimum Gasteiger partial charge on any atom is -0.387 e. The molecule has 0 aliphatic carbocycles. The van der Waals surface area contributed by atoms with Crippen molar-refractivity contribution in [3.63, 3.8) is 0 Å². The molecule has 27 atom stereocenters. The molecule has 8 aliphatic heterocycles. The average molecular weight is 1850 g/mol. The van der Waals surface area contributed by atoms with Gasteiger partial charge in [0.15, 0.2) is 64.9 Å². The monoisotopic (exact) mass is 1850 g/mol. The molecule has 8 aromatic rings. The van der Waals surface area contributed by atoms with Crippen molar-refractivity contribution in [3.8, 4) is 0 Å². The van der Waals surface area contributed by atoms with Crippen LogP contribution in [0.4, 0.5) is 17.7 Å². The van der Waals surface area contributed by atoms with Crippen LogP contribution in [-0.4, -0.2) is 273 Å². The molecule has 58 heteroatoms. The molecule has 16 heterocycles. The number of aryl methyl sites for hydroxylation is 2. The van der Waals surface area contributed by atoms with Gasteiger partial charge in [0.25, 0.3) is 22.2 Å². The third-order valence-electron chi connectivity index (χ3n) is 22.4. The Morgan fingerprint density at radius 2 is 0.942 bits per heavy atom. The van der Waals surface area contributed by atoms with Gasteiger partial charge in [-0.15, -0.1) is 0 Å². The number of aromatic amines is 4. The number of aromatic nitrogens is 16. The number of nitrogens with zero attached hydrogens (tertiary/aromatic N) is 12. The summed E-state index contributed by atoms with van der Waals surface area (Å²) in [5, 5.41) is 11.8. The molecular formula is C63H83N19O31P4S4. The number of anilines is 3. The molecule has 0 amide bonds. The van der Waals surface area contributed by atoms with Gasteiger partial charge in [-0.25, -0.2) is 39.1 Å². The number of aliphatic hydroxyl groups excluding tert-OH is 1. The van der Waals surface area contributed by atoms with E-state index in [9.17, 15) is 48.6 Å². The summed E-state index contributed by atoms with van der Waals surface area (Å²) in [5.41, 5.74) is 8.22. The summed E-state index contributed by atoms with van der Waals surface area (Å²) in [6, 6.07) is 0. The minimum absolute atomic E-state index is 0.0347. The highest BCUT2D eigenvalue weighted by Crippen LogP contribution is 2.64. The van der Waals surface area contributed by atoms with Crippen molar-refractivity contribution in [2.75, 3.05) is 84.3 Å². The van der Waals surface area contributed by atoms with E-state index in [4.69, 9.17) is 146 Å². The lowest BCUT2D eigenvalue weighted by Gasteiger charge is -2.37. The number of methoxy groups -OCH3 is 2. The van der Waals surface area contributed by atoms with Crippen LogP contribution in [0.5, 0.6) is 0 Å². The molecule has 8 fully saturated rings. The molecular weight excluding hydrogens is 1770 g/mol. The Morgan fingerprint density at radius 3 is 1.48 bits per heavy atom. The number of rotatable bonds is 34. The average Bonchev–Trinajstić information content (AvgIpc) is 1.56. The van der Waals surface area contributed by atoms with Crippen LogP contribution in [0.3, 0.4) is 0 Å². The number of nitrogens with two attached hydrogens (primary N) is 3. The Hall–Kier alpha value is -6.42. The fourth-order valence-corrected chi connectivity index (χ4v) is 22.2. The molecule has 0 radical (unpaired) electrons. The van der Waals surface area contributed by atoms with Crippen molar-refractivity contribution in [2.45, 2.75) is 187 Å². The lowest BCUT2D eigenvalue weighted by atomic mass is 9.91. The molecule has 0 saturated carbocycles. The first-order valence-corrected chi connectivity index (χ1v) is 47.7. The largest absolute Gasteiger partial charge is 0.387 e. The lowest BCUT2D eigenvalue weighted by Crippen LogP contribution is -2.50. The fourth-order valence-electron chi connectivity index (χ4n) is 16.4. The van der Waals surface area contributed by atoms with Gasteiger partial charge in [0.1, 0.15) is 102 Å². The zero-order chi connectivity index (χ0) is 86.3. The van der Waals surface area contributed by atoms with Crippen LogP contribution in [0.25, 0.3) is 33.5 Å². The molecule has 0 aromatic carbocycles. The quantitative estimate of drug-likeness (QED) is 0.0126. The summed E-state index contributed by atoms with van der Waals surface area (Å²) in [4.78, 5) is 155. The second-order valence-electron chi connectivity index (χ2n) is 29.5. The molecule has 9 unspecified atom stereocenters.